The smallest absolute Gasteiger partial charge is 0.240 e. The monoisotopic (exact) mass is 331 g/mol. The number of carbonyl (C=O) groups excluding carboxylic acids is 1. The Bertz CT molecular complexity index is 601. The summed E-state index contributed by atoms with van der Waals surface area (Å²) >= 11 is 0. The molecule has 1 saturated heterocycles. The van der Waals surface area contributed by atoms with Crippen LogP contribution in [0.25, 0.3) is 0 Å². The van der Waals surface area contributed by atoms with E-state index in [0.717, 1.165) is 50.5 Å². The fourth-order valence-corrected chi connectivity index (χ4v) is 4.00. The Labute approximate surface area is 144 Å². The molecule has 0 spiro atoms. The van der Waals surface area contributed by atoms with Gasteiger partial charge in [-0.3, -0.25) is 4.79 Å². The number of nitrogens with one attached hydrogen (secondary N) is 1. The highest BCUT2D eigenvalue weighted by Gasteiger charge is 2.38. The van der Waals surface area contributed by atoms with Gasteiger partial charge in [0.1, 0.15) is 5.82 Å². The van der Waals surface area contributed by atoms with Crippen LogP contribution in [0.5, 0.6) is 0 Å². The number of carbonyl (C=O) groups is 1. The molecule has 0 aromatic carbocycles. The van der Waals surface area contributed by atoms with Gasteiger partial charge in [0.15, 0.2) is 5.82 Å². The first-order chi connectivity index (χ1) is 11.6. The molecule has 3 aliphatic rings. The Morgan fingerprint density at radius 2 is 2.08 bits per heavy atom. The van der Waals surface area contributed by atoms with E-state index in [0.29, 0.717) is 11.8 Å². The molecular formula is C18H29N5O. The minimum atomic E-state index is -0.00853. The zero-order valence-electron chi connectivity index (χ0n) is 14.9. The van der Waals surface area contributed by atoms with Crippen LogP contribution in [0, 0.1) is 5.92 Å². The SMILES string of the molecule is CC(C)C[C@H]1c2nc(C3CC3)nn2CCN1C(=O)[C@H]1CCCCN1. The van der Waals surface area contributed by atoms with Gasteiger partial charge in [0.2, 0.25) is 5.91 Å². The van der Waals surface area contributed by atoms with Gasteiger partial charge in [0, 0.05) is 12.5 Å². The van der Waals surface area contributed by atoms with E-state index in [1.165, 1.54) is 19.3 Å². The van der Waals surface area contributed by atoms with Crippen LogP contribution in [-0.4, -0.2) is 44.7 Å². The van der Waals surface area contributed by atoms with Crippen molar-refractivity contribution in [1.82, 2.24) is 25.0 Å². The first-order valence-electron chi connectivity index (χ1n) is 9.62. The Morgan fingerprint density at radius 3 is 2.75 bits per heavy atom. The highest BCUT2D eigenvalue weighted by Crippen LogP contribution is 2.40. The Balaban J connectivity index is 1.59. The summed E-state index contributed by atoms with van der Waals surface area (Å²) in [5.41, 5.74) is 0. The fraction of sp³-hybridized carbons (Fsp3) is 0.833. The molecule has 3 heterocycles. The van der Waals surface area contributed by atoms with Crippen LogP contribution in [0.15, 0.2) is 0 Å². The predicted molar refractivity (Wildman–Crippen MR) is 91.5 cm³/mol. The number of nitrogens with zero attached hydrogens (tertiary/aromatic N) is 4. The minimum Gasteiger partial charge on any atom is -0.329 e. The van der Waals surface area contributed by atoms with Gasteiger partial charge in [-0.2, -0.15) is 5.10 Å². The standard InChI is InChI=1S/C18H29N5O/c1-12(2)11-15-17-20-16(13-6-7-13)21-23(17)10-9-22(15)18(24)14-5-3-4-8-19-14/h12-15,19H,3-11H2,1-2H3/t14-,15+/m1/s1. The predicted octanol–water partition coefficient (Wildman–Crippen LogP) is 2.23. The molecule has 1 aliphatic carbocycles. The Hall–Kier alpha value is -1.43. The van der Waals surface area contributed by atoms with E-state index in [-0.39, 0.29) is 18.0 Å². The van der Waals surface area contributed by atoms with Crippen molar-refractivity contribution >= 4 is 5.91 Å². The molecule has 6 heteroatoms. The maximum atomic E-state index is 13.1. The summed E-state index contributed by atoms with van der Waals surface area (Å²) in [5.74, 6) is 3.37. The largest absolute Gasteiger partial charge is 0.329 e. The molecule has 6 nitrogen and oxygen atoms in total. The van der Waals surface area contributed by atoms with E-state index >= 15 is 0 Å². The topological polar surface area (TPSA) is 63.1 Å². The van der Waals surface area contributed by atoms with E-state index in [1.807, 2.05) is 0 Å². The third-order valence-corrected chi connectivity index (χ3v) is 5.47. The molecule has 1 aromatic rings. The summed E-state index contributed by atoms with van der Waals surface area (Å²) in [6.45, 7) is 6.94. The van der Waals surface area contributed by atoms with Crippen molar-refractivity contribution in [2.24, 2.45) is 5.92 Å². The second-order valence-electron chi connectivity index (χ2n) is 8.01. The molecule has 4 rings (SSSR count). The number of hydrogen-bond acceptors (Lipinski definition) is 4. The van der Waals surface area contributed by atoms with Crippen molar-refractivity contribution in [3.63, 3.8) is 0 Å². The van der Waals surface area contributed by atoms with Gasteiger partial charge in [-0.1, -0.05) is 20.3 Å². The van der Waals surface area contributed by atoms with Crippen molar-refractivity contribution in [3.05, 3.63) is 11.6 Å². The first kappa shape index (κ1) is 16.1. The van der Waals surface area contributed by atoms with E-state index in [1.54, 1.807) is 0 Å². The highest BCUT2D eigenvalue weighted by atomic mass is 16.2. The number of fused-ring (bicyclic) bond motifs is 1. The third kappa shape index (κ3) is 3.08. The second kappa shape index (κ2) is 6.47. The Kier molecular flexibility index (Phi) is 4.33. The van der Waals surface area contributed by atoms with Crippen molar-refractivity contribution < 1.29 is 4.79 Å². The van der Waals surface area contributed by atoms with Crippen LogP contribution in [0.3, 0.4) is 0 Å². The molecule has 24 heavy (non-hydrogen) atoms. The van der Waals surface area contributed by atoms with Gasteiger partial charge in [-0.15, -0.1) is 0 Å². The van der Waals surface area contributed by atoms with Crippen molar-refractivity contribution in [1.29, 1.82) is 0 Å². The Morgan fingerprint density at radius 1 is 1.25 bits per heavy atom. The molecule has 1 aromatic heterocycles. The van der Waals surface area contributed by atoms with Crippen LogP contribution in [-0.2, 0) is 11.3 Å². The zero-order valence-corrected chi connectivity index (χ0v) is 14.9. The van der Waals surface area contributed by atoms with Gasteiger partial charge in [-0.25, -0.2) is 9.67 Å². The lowest BCUT2D eigenvalue weighted by molar-refractivity contribution is -0.138. The van der Waals surface area contributed by atoms with Gasteiger partial charge >= 0.3 is 0 Å². The van der Waals surface area contributed by atoms with Crippen LogP contribution in [0.1, 0.15) is 76.0 Å². The lowest BCUT2D eigenvalue weighted by Gasteiger charge is -2.39. The molecule has 132 valence electrons. The van der Waals surface area contributed by atoms with E-state index < -0.39 is 0 Å². The number of piperidine rings is 1. The van der Waals surface area contributed by atoms with Crippen LogP contribution >= 0.6 is 0 Å². The number of aromatic nitrogens is 3. The molecule has 1 amide bonds. The first-order valence-corrected chi connectivity index (χ1v) is 9.62. The molecule has 1 N–H and O–H groups in total. The molecule has 0 radical (unpaired) electrons. The summed E-state index contributed by atoms with van der Waals surface area (Å²) in [6, 6.07) is 0.0702. The minimum absolute atomic E-state index is 0.00853. The maximum absolute atomic E-state index is 13.1. The van der Waals surface area contributed by atoms with Crippen molar-refractivity contribution in [2.45, 2.75) is 76.9 Å². The van der Waals surface area contributed by atoms with Crippen molar-refractivity contribution in [3.8, 4) is 0 Å². The van der Waals surface area contributed by atoms with Gasteiger partial charge in [0.25, 0.3) is 0 Å². The lowest BCUT2D eigenvalue weighted by Crippen LogP contribution is -2.52. The molecular weight excluding hydrogens is 302 g/mol. The number of amides is 1. The second-order valence-corrected chi connectivity index (χ2v) is 8.01. The van der Waals surface area contributed by atoms with Gasteiger partial charge < -0.3 is 10.2 Å². The van der Waals surface area contributed by atoms with Crippen LogP contribution < -0.4 is 5.32 Å². The van der Waals surface area contributed by atoms with Crippen molar-refractivity contribution in [2.75, 3.05) is 13.1 Å². The van der Waals surface area contributed by atoms with E-state index in [9.17, 15) is 4.79 Å². The summed E-state index contributed by atoms with van der Waals surface area (Å²) in [7, 11) is 0. The third-order valence-electron chi connectivity index (χ3n) is 5.47. The fourth-order valence-electron chi connectivity index (χ4n) is 4.00. The van der Waals surface area contributed by atoms with Gasteiger partial charge in [0.05, 0.1) is 18.6 Å². The normalized spacial score (nSPS) is 27.4. The van der Waals surface area contributed by atoms with Gasteiger partial charge in [-0.05, 0) is 44.6 Å². The van der Waals surface area contributed by atoms with Crippen LogP contribution in [0.2, 0.25) is 0 Å². The summed E-state index contributed by atoms with van der Waals surface area (Å²) in [4.78, 5) is 20.1. The lowest BCUT2D eigenvalue weighted by atomic mass is 9.97. The summed E-state index contributed by atoms with van der Waals surface area (Å²) in [6.07, 6.45) is 6.68. The molecule has 2 aliphatic heterocycles. The van der Waals surface area contributed by atoms with E-state index in [2.05, 4.69) is 28.7 Å². The average molecular weight is 331 g/mol. The quantitative estimate of drug-likeness (QED) is 0.919. The molecule has 0 unspecified atom stereocenters. The average Bonchev–Trinajstić information content (AvgIpc) is 3.34. The molecule has 1 saturated carbocycles. The molecule has 2 atom stereocenters. The molecule has 2 fully saturated rings. The zero-order chi connectivity index (χ0) is 16.7. The number of hydrogen-bond donors (Lipinski definition) is 1. The maximum Gasteiger partial charge on any atom is 0.240 e. The summed E-state index contributed by atoms with van der Waals surface area (Å²) in [5, 5.41) is 8.14. The number of rotatable bonds is 4. The summed E-state index contributed by atoms with van der Waals surface area (Å²) < 4.78 is 2.07. The molecule has 0 bridgehead atoms. The van der Waals surface area contributed by atoms with Crippen LogP contribution in [0.4, 0.5) is 0 Å². The highest BCUT2D eigenvalue weighted by molar-refractivity contribution is 5.82. The van der Waals surface area contributed by atoms with E-state index in [4.69, 9.17) is 10.1 Å².